The second kappa shape index (κ2) is 3.87. The zero-order valence-electron chi connectivity index (χ0n) is 9.25. The van der Waals surface area contributed by atoms with Crippen LogP contribution in [0.25, 0.3) is 0 Å². The van der Waals surface area contributed by atoms with Gasteiger partial charge in [0.25, 0.3) is 0 Å². The first-order chi connectivity index (χ1) is 7.36. The standard InChI is InChI=1S/C12H18N2S/c1-2-11-14-10-5-3-4-9(12(10)15-11)13-8-6-7-8/h8-9,13H,2-7H2,1H3. The van der Waals surface area contributed by atoms with Crippen molar-refractivity contribution in [1.29, 1.82) is 0 Å². The van der Waals surface area contributed by atoms with Crippen LogP contribution in [-0.4, -0.2) is 11.0 Å². The Morgan fingerprint density at radius 1 is 1.40 bits per heavy atom. The molecule has 15 heavy (non-hydrogen) atoms. The van der Waals surface area contributed by atoms with Gasteiger partial charge in [0.2, 0.25) is 0 Å². The lowest BCUT2D eigenvalue weighted by Gasteiger charge is -2.22. The number of thiazole rings is 1. The Morgan fingerprint density at radius 3 is 3.00 bits per heavy atom. The molecule has 0 bridgehead atoms. The van der Waals surface area contributed by atoms with E-state index in [-0.39, 0.29) is 0 Å². The van der Waals surface area contributed by atoms with Gasteiger partial charge >= 0.3 is 0 Å². The summed E-state index contributed by atoms with van der Waals surface area (Å²) in [6.07, 6.45) is 7.68. The Hall–Kier alpha value is -0.410. The van der Waals surface area contributed by atoms with Crippen LogP contribution < -0.4 is 5.32 Å². The average Bonchev–Trinajstić information content (AvgIpc) is 2.96. The number of nitrogens with zero attached hydrogens (tertiary/aromatic N) is 1. The molecule has 1 fully saturated rings. The van der Waals surface area contributed by atoms with E-state index < -0.39 is 0 Å². The molecule has 0 aromatic carbocycles. The molecule has 2 aliphatic rings. The Labute approximate surface area is 95.1 Å². The van der Waals surface area contributed by atoms with Crippen molar-refractivity contribution in [2.24, 2.45) is 0 Å². The molecule has 1 aromatic heterocycles. The molecule has 0 amide bonds. The van der Waals surface area contributed by atoms with E-state index in [1.807, 2.05) is 11.3 Å². The summed E-state index contributed by atoms with van der Waals surface area (Å²) in [6.45, 7) is 2.20. The van der Waals surface area contributed by atoms with E-state index in [4.69, 9.17) is 4.98 Å². The second-order valence-corrected chi connectivity index (χ2v) is 5.77. The maximum atomic E-state index is 4.73. The summed E-state index contributed by atoms with van der Waals surface area (Å²) >= 11 is 1.94. The van der Waals surface area contributed by atoms with Crippen molar-refractivity contribution in [1.82, 2.24) is 10.3 Å². The van der Waals surface area contributed by atoms with Crippen molar-refractivity contribution in [2.45, 2.75) is 57.5 Å². The molecular formula is C12H18N2S. The summed E-state index contributed by atoms with van der Waals surface area (Å²) in [5, 5.41) is 5.08. The van der Waals surface area contributed by atoms with Gasteiger partial charge in [-0.15, -0.1) is 11.3 Å². The highest BCUT2D eigenvalue weighted by atomic mass is 32.1. The molecule has 0 spiro atoms. The van der Waals surface area contributed by atoms with Crippen LogP contribution in [0.4, 0.5) is 0 Å². The molecule has 0 saturated heterocycles. The molecule has 1 aromatic rings. The van der Waals surface area contributed by atoms with Gasteiger partial charge in [0, 0.05) is 17.0 Å². The summed E-state index contributed by atoms with van der Waals surface area (Å²) in [4.78, 5) is 6.27. The van der Waals surface area contributed by atoms with Crippen molar-refractivity contribution in [2.75, 3.05) is 0 Å². The maximum Gasteiger partial charge on any atom is 0.0928 e. The van der Waals surface area contributed by atoms with E-state index in [0.717, 1.165) is 12.5 Å². The van der Waals surface area contributed by atoms with Crippen LogP contribution in [0.2, 0.25) is 0 Å². The molecule has 1 heterocycles. The second-order valence-electron chi connectivity index (χ2n) is 4.66. The fourth-order valence-electron chi connectivity index (χ4n) is 2.32. The zero-order chi connectivity index (χ0) is 10.3. The largest absolute Gasteiger partial charge is 0.306 e. The summed E-state index contributed by atoms with van der Waals surface area (Å²) in [5.41, 5.74) is 1.39. The van der Waals surface area contributed by atoms with Gasteiger partial charge in [-0.25, -0.2) is 4.98 Å². The van der Waals surface area contributed by atoms with Crippen LogP contribution in [0.5, 0.6) is 0 Å². The Balaban J connectivity index is 1.83. The lowest BCUT2D eigenvalue weighted by molar-refractivity contribution is 0.461. The first kappa shape index (κ1) is 9.79. The number of hydrogen-bond donors (Lipinski definition) is 1. The van der Waals surface area contributed by atoms with Crippen molar-refractivity contribution in [3.63, 3.8) is 0 Å². The Kier molecular flexibility index (Phi) is 2.53. The van der Waals surface area contributed by atoms with Gasteiger partial charge in [-0.3, -0.25) is 0 Å². The topological polar surface area (TPSA) is 24.9 Å². The van der Waals surface area contributed by atoms with Crippen LogP contribution >= 0.6 is 11.3 Å². The highest BCUT2D eigenvalue weighted by Gasteiger charge is 2.29. The number of rotatable bonds is 3. The summed E-state index contributed by atoms with van der Waals surface area (Å²) in [5.74, 6) is 0. The normalized spacial score (nSPS) is 25.3. The van der Waals surface area contributed by atoms with Gasteiger partial charge in [0.15, 0.2) is 0 Å². The zero-order valence-corrected chi connectivity index (χ0v) is 10.1. The molecule has 0 radical (unpaired) electrons. The first-order valence-electron chi connectivity index (χ1n) is 6.11. The minimum Gasteiger partial charge on any atom is -0.306 e. The van der Waals surface area contributed by atoms with Crippen LogP contribution in [0.3, 0.4) is 0 Å². The number of nitrogens with one attached hydrogen (secondary N) is 1. The van der Waals surface area contributed by atoms with Gasteiger partial charge in [-0.05, 0) is 38.5 Å². The molecule has 3 rings (SSSR count). The smallest absolute Gasteiger partial charge is 0.0928 e. The fraction of sp³-hybridized carbons (Fsp3) is 0.750. The number of aryl methyl sites for hydroxylation is 2. The summed E-state index contributed by atoms with van der Waals surface area (Å²) in [6, 6.07) is 1.44. The van der Waals surface area contributed by atoms with Gasteiger partial charge in [0.05, 0.1) is 10.7 Å². The first-order valence-corrected chi connectivity index (χ1v) is 6.93. The third kappa shape index (κ3) is 1.95. The SMILES string of the molecule is CCc1nc2c(s1)C(NC1CC1)CCC2. The van der Waals surface area contributed by atoms with Gasteiger partial charge in [-0.2, -0.15) is 0 Å². The molecular weight excluding hydrogens is 204 g/mol. The van der Waals surface area contributed by atoms with E-state index in [1.54, 1.807) is 4.88 Å². The Bertz CT molecular complexity index is 355. The van der Waals surface area contributed by atoms with E-state index in [1.165, 1.54) is 42.8 Å². The molecule has 82 valence electrons. The van der Waals surface area contributed by atoms with Crippen molar-refractivity contribution < 1.29 is 0 Å². The van der Waals surface area contributed by atoms with Gasteiger partial charge in [-0.1, -0.05) is 6.92 Å². The molecule has 1 unspecified atom stereocenters. The van der Waals surface area contributed by atoms with E-state index >= 15 is 0 Å². The lowest BCUT2D eigenvalue weighted by atomic mass is 9.98. The van der Waals surface area contributed by atoms with Crippen LogP contribution in [0.15, 0.2) is 0 Å². The van der Waals surface area contributed by atoms with Crippen molar-refractivity contribution in [3.05, 3.63) is 15.6 Å². The third-order valence-electron chi connectivity index (χ3n) is 3.31. The minimum absolute atomic E-state index is 0.624. The van der Waals surface area contributed by atoms with Crippen molar-refractivity contribution >= 4 is 11.3 Å². The van der Waals surface area contributed by atoms with E-state index in [2.05, 4.69) is 12.2 Å². The summed E-state index contributed by atoms with van der Waals surface area (Å²) < 4.78 is 0. The number of aromatic nitrogens is 1. The highest BCUT2D eigenvalue weighted by Crippen LogP contribution is 2.36. The predicted octanol–water partition coefficient (Wildman–Crippen LogP) is 2.83. The average molecular weight is 222 g/mol. The molecule has 1 atom stereocenters. The number of hydrogen-bond acceptors (Lipinski definition) is 3. The molecule has 1 N–H and O–H groups in total. The molecule has 0 aliphatic heterocycles. The lowest BCUT2D eigenvalue weighted by Crippen LogP contribution is -2.25. The van der Waals surface area contributed by atoms with E-state index in [0.29, 0.717) is 6.04 Å². The predicted molar refractivity (Wildman–Crippen MR) is 63.3 cm³/mol. The molecule has 2 nitrogen and oxygen atoms in total. The molecule has 2 aliphatic carbocycles. The molecule has 1 saturated carbocycles. The minimum atomic E-state index is 0.624. The van der Waals surface area contributed by atoms with Crippen LogP contribution in [0, 0.1) is 0 Å². The van der Waals surface area contributed by atoms with Crippen LogP contribution in [0.1, 0.15) is 54.2 Å². The fourth-order valence-corrected chi connectivity index (χ4v) is 3.46. The number of fused-ring (bicyclic) bond motifs is 1. The van der Waals surface area contributed by atoms with E-state index in [9.17, 15) is 0 Å². The van der Waals surface area contributed by atoms with Gasteiger partial charge in [0.1, 0.15) is 0 Å². The van der Waals surface area contributed by atoms with Crippen molar-refractivity contribution in [3.8, 4) is 0 Å². The van der Waals surface area contributed by atoms with Gasteiger partial charge < -0.3 is 5.32 Å². The highest BCUT2D eigenvalue weighted by molar-refractivity contribution is 7.11. The maximum absolute atomic E-state index is 4.73. The monoisotopic (exact) mass is 222 g/mol. The Morgan fingerprint density at radius 2 is 2.27 bits per heavy atom. The quantitative estimate of drug-likeness (QED) is 0.850. The molecule has 3 heteroatoms. The third-order valence-corrected chi connectivity index (χ3v) is 4.67. The van der Waals surface area contributed by atoms with Crippen LogP contribution in [-0.2, 0) is 12.8 Å². The summed E-state index contributed by atoms with van der Waals surface area (Å²) in [7, 11) is 0.